The van der Waals surface area contributed by atoms with Crippen molar-refractivity contribution in [2.24, 2.45) is 0 Å². The molecule has 2 aromatic carbocycles. The fourth-order valence-electron chi connectivity index (χ4n) is 2.79. The molecule has 4 heteroatoms. The first kappa shape index (κ1) is 21.3. The molecule has 0 heterocycles. The maximum atomic E-state index is 12.6. The highest BCUT2D eigenvalue weighted by atomic mass is 16.5. The molecule has 0 bridgehead atoms. The van der Waals surface area contributed by atoms with Gasteiger partial charge >= 0.3 is 0 Å². The molecule has 0 spiro atoms. The SMILES string of the molecule is C=CC(C)(C)c1ccc(OC(C)C)c(/C=C/C(=O)c2ccc(NC)cc2)c1O. The van der Waals surface area contributed by atoms with Crippen LogP contribution in [0.5, 0.6) is 11.5 Å². The molecule has 2 N–H and O–H groups in total. The van der Waals surface area contributed by atoms with E-state index in [-0.39, 0.29) is 17.6 Å². The molecular weight excluding hydrogens is 350 g/mol. The van der Waals surface area contributed by atoms with Gasteiger partial charge in [-0.1, -0.05) is 26.0 Å². The van der Waals surface area contributed by atoms with Crippen molar-refractivity contribution in [3.05, 3.63) is 71.8 Å². The van der Waals surface area contributed by atoms with Gasteiger partial charge in [0.1, 0.15) is 11.5 Å². The second kappa shape index (κ2) is 8.79. The van der Waals surface area contributed by atoms with Crippen molar-refractivity contribution in [2.75, 3.05) is 12.4 Å². The normalized spacial score (nSPS) is 11.6. The molecule has 0 aliphatic carbocycles. The summed E-state index contributed by atoms with van der Waals surface area (Å²) in [6.07, 6.45) is 4.80. The van der Waals surface area contributed by atoms with Gasteiger partial charge in [-0.3, -0.25) is 4.79 Å². The summed E-state index contributed by atoms with van der Waals surface area (Å²) < 4.78 is 5.84. The molecule has 0 aromatic heterocycles. The maximum absolute atomic E-state index is 12.6. The van der Waals surface area contributed by atoms with Gasteiger partial charge in [0.25, 0.3) is 0 Å². The Morgan fingerprint density at radius 3 is 2.36 bits per heavy atom. The Labute approximate surface area is 167 Å². The Kier molecular flexibility index (Phi) is 6.68. The monoisotopic (exact) mass is 379 g/mol. The van der Waals surface area contributed by atoms with E-state index in [1.165, 1.54) is 6.08 Å². The number of ether oxygens (including phenoxy) is 1. The fraction of sp³-hybridized carbons (Fsp3) is 0.292. The van der Waals surface area contributed by atoms with Gasteiger partial charge in [0, 0.05) is 29.3 Å². The van der Waals surface area contributed by atoms with Crippen LogP contribution in [0.1, 0.15) is 49.2 Å². The molecule has 148 valence electrons. The van der Waals surface area contributed by atoms with Crippen molar-refractivity contribution < 1.29 is 14.6 Å². The van der Waals surface area contributed by atoms with Crippen LogP contribution in [0.25, 0.3) is 6.08 Å². The molecule has 2 rings (SSSR count). The molecule has 0 saturated heterocycles. The minimum Gasteiger partial charge on any atom is -0.507 e. The van der Waals surface area contributed by atoms with E-state index in [1.54, 1.807) is 24.3 Å². The van der Waals surface area contributed by atoms with Crippen LogP contribution in [-0.4, -0.2) is 24.0 Å². The highest BCUT2D eigenvalue weighted by Crippen LogP contribution is 2.39. The Balaban J connectivity index is 2.45. The fourth-order valence-corrected chi connectivity index (χ4v) is 2.79. The molecule has 0 radical (unpaired) electrons. The van der Waals surface area contributed by atoms with E-state index in [0.717, 1.165) is 11.3 Å². The van der Waals surface area contributed by atoms with Crippen molar-refractivity contribution in [1.29, 1.82) is 0 Å². The lowest BCUT2D eigenvalue weighted by molar-refractivity contribution is 0.104. The molecule has 0 saturated carbocycles. The predicted octanol–water partition coefficient (Wildman–Crippen LogP) is 5.58. The average Bonchev–Trinajstić information content (AvgIpc) is 2.66. The number of ketones is 1. The highest BCUT2D eigenvalue weighted by Gasteiger charge is 2.23. The number of rotatable bonds is 8. The number of carbonyl (C=O) groups is 1. The van der Waals surface area contributed by atoms with Crippen LogP contribution in [0.4, 0.5) is 5.69 Å². The molecule has 4 nitrogen and oxygen atoms in total. The van der Waals surface area contributed by atoms with Crippen LogP contribution < -0.4 is 10.1 Å². The summed E-state index contributed by atoms with van der Waals surface area (Å²) in [7, 11) is 1.83. The van der Waals surface area contributed by atoms with Gasteiger partial charge in [0.05, 0.1) is 11.7 Å². The highest BCUT2D eigenvalue weighted by molar-refractivity contribution is 6.07. The van der Waals surface area contributed by atoms with Gasteiger partial charge in [-0.2, -0.15) is 0 Å². The smallest absolute Gasteiger partial charge is 0.185 e. The van der Waals surface area contributed by atoms with Gasteiger partial charge in [-0.05, 0) is 56.3 Å². The van der Waals surface area contributed by atoms with E-state index in [0.29, 0.717) is 16.9 Å². The van der Waals surface area contributed by atoms with Crippen molar-refractivity contribution in [3.63, 3.8) is 0 Å². The molecule has 0 amide bonds. The van der Waals surface area contributed by atoms with Crippen molar-refractivity contribution >= 4 is 17.5 Å². The van der Waals surface area contributed by atoms with E-state index in [1.807, 2.05) is 59.0 Å². The number of phenolic OH excluding ortho intramolecular Hbond substituents is 1. The number of anilines is 1. The Morgan fingerprint density at radius 1 is 1.18 bits per heavy atom. The summed E-state index contributed by atoms with van der Waals surface area (Å²) in [5.41, 5.74) is 2.30. The molecule has 0 unspecified atom stereocenters. The largest absolute Gasteiger partial charge is 0.507 e. The lowest BCUT2D eigenvalue weighted by Crippen LogP contribution is -2.14. The molecule has 0 fully saturated rings. The van der Waals surface area contributed by atoms with Gasteiger partial charge in [0.2, 0.25) is 0 Å². The molecule has 0 atom stereocenters. The van der Waals surface area contributed by atoms with Crippen molar-refractivity contribution in [1.82, 2.24) is 0 Å². The summed E-state index contributed by atoms with van der Waals surface area (Å²) >= 11 is 0. The van der Waals surface area contributed by atoms with Gasteiger partial charge < -0.3 is 15.2 Å². The third kappa shape index (κ3) is 4.83. The van der Waals surface area contributed by atoms with Gasteiger partial charge in [0.15, 0.2) is 5.78 Å². The van der Waals surface area contributed by atoms with Gasteiger partial charge in [-0.15, -0.1) is 6.58 Å². The number of carbonyl (C=O) groups excluding carboxylic acids is 1. The van der Waals surface area contributed by atoms with E-state index in [9.17, 15) is 9.90 Å². The molecular formula is C24H29NO3. The lowest BCUT2D eigenvalue weighted by atomic mass is 9.83. The number of benzene rings is 2. The van der Waals surface area contributed by atoms with Gasteiger partial charge in [-0.25, -0.2) is 0 Å². The number of hydrogen-bond acceptors (Lipinski definition) is 4. The summed E-state index contributed by atoms with van der Waals surface area (Å²) in [5, 5.41) is 13.9. The maximum Gasteiger partial charge on any atom is 0.185 e. The minimum atomic E-state index is -0.421. The average molecular weight is 380 g/mol. The predicted molar refractivity (Wildman–Crippen MR) is 116 cm³/mol. The minimum absolute atomic E-state index is 0.0606. The molecule has 28 heavy (non-hydrogen) atoms. The zero-order valence-electron chi connectivity index (χ0n) is 17.2. The Morgan fingerprint density at radius 2 is 1.82 bits per heavy atom. The first-order valence-corrected chi connectivity index (χ1v) is 9.36. The second-order valence-corrected chi connectivity index (χ2v) is 7.49. The van der Waals surface area contributed by atoms with Crippen LogP contribution in [0.3, 0.4) is 0 Å². The quantitative estimate of drug-likeness (QED) is 0.357. The van der Waals surface area contributed by atoms with Crippen LogP contribution in [0.15, 0.2) is 55.1 Å². The molecule has 2 aromatic rings. The third-order valence-electron chi connectivity index (χ3n) is 4.60. The first-order chi connectivity index (χ1) is 13.2. The Bertz CT molecular complexity index is 877. The standard InChI is InChI=1S/C24H29NO3/c1-7-24(4,5)20-13-15-22(28-16(2)3)19(23(20)27)12-14-21(26)17-8-10-18(25-6)11-9-17/h7-16,25,27H,1H2,2-6H3/b14-12+. The van der Waals surface area contributed by atoms with Crippen molar-refractivity contribution in [3.8, 4) is 11.5 Å². The zero-order valence-corrected chi connectivity index (χ0v) is 17.2. The number of allylic oxidation sites excluding steroid dienone is 2. The second-order valence-electron chi connectivity index (χ2n) is 7.49. The number of aromatic hydroxyl groups is 1. The van der Waals surface area contributed by atoms with E-state index >= 15 is 0 Å². The summed E-state index contributed by atoms with van der Waals surface area (Å²) in [5.74, 6) is 0.481. The Hall–Kier alpha value is -3.01. The summed E-state index contributed by atoms with van der Waals surface area (Å²) in [4.78, 5) is 12.6. The zero-order chi connectivity index (χ0) is 20.9. The topological polar surface area (TPSA) is 58.6 Å². The van der Waals surface area contributed by atoms with E-state index < -0.39 is 5.41 Å². The number of hydrogen-bond donors (Lipinski definition) is 2. The van der Waals surface area contributed by atoms with Crippen LogP contribution in [0, 0.1) is 0 Å². The third-order valence-corrected chi connectivity index (χ3v) is 4.60. The number of phenols is 1. The first-order valence-electron chi connectivity index (χ1n) is 9.36. The lowest BCUT2D eigenvalue weighted by Gasteiger charge is -2.24. The summed E-state index contributed by atoms with van der Waals surface area (Å²) in [6.45, 7) is 11.6. The van der Waals surface area contributed by atoms with Crippen molar-refractivity contribution in [2.45, 2.75) is 39.2 Å². The van der Waals surface area contributed by atoms with Crippen LogP contribution >= 0.6 is 0 Å². The molecule has 0 aliphatic heterocycles. The van der Waals surface area contributed by atoms with Crippen LogP contribution in [-0.2, 0) is 5.41 Å². The van der Waals surface area contributed by atoms with Crippen LogP contribution in [0.2, 0.25) is 0 Å². The summed E-state index contributed by atoms with van der Waals surface area (Å²) in [6, 6.07) is 10.9. The molecule has 0 aliphatic rings. The van der Waals surface area contributed by atoms with E-state index in [2.05, 4.69) is 11.9 Å². The van der Waals surface area contributed by atoms with E-state index in [4.69, 9.17) is 4.74 Å². The number of nitrogens with one attached hydrogen (secondary N) is 1.